The van der Waals surface area contributed by atoms with Crippen LogP contribution in [-0.2, 0) is 17.8 Å². The van der Waals surface area contributed by atoms with Crippen LogP contribution in [0.4, 0.5) is 0 Å². The zero-order valence-corrected chi connectivity index (χ0v) is 16.0. The van der Waals surface area contributed by atoms with E-state index in [0.717, 1.165) is 61.9 Å². The second kappa shape index (κ2) is 8.25. The summed E-state index contributed by atoms with van der Waals surface area (Å²) >= 11 is 1.57. The SMILES string of the molecule is O=C([C@H](Sc1nnc2n1CCCCC2)c1ccccc1)N1CCCCC1. The van der Waals surface area contributed by atoms with Crippen LogP contribution in [0.2, 0.25) is 0 Å². The predicted molar refractivity (Wildman–Crippen MR) is 103 cm³/mol. The van der Waals surface area contributed by atoms with Gasteiger partial charge < -0.3 is 9.47 Å². The van der Waals surface area contributed by atoms with Gasteiger partial charge in [0.25, 0.3) is 0 Å². The van der Waals surface area contributed by atoms with Crippen LogP contribution >= 0.6 is 11.8 Å². The molecule has 2 aliphatic rings. The molecule has 0 spiro atoms. The summed E-state index contributed by atoms with van der Waals surface area (Å²) < 4.78 is 2.23. The minimum atomic E-state index is -0.245. The van der Waals surface area contributed by atoms with Gasteiger partial charge in [-0.05, 0) is 37.7 Å². The molecular formula is C20H26N4OS. The van der Waals surface area contributed by atoms with Gasteiger partial charge in [0.15, 0.2) is 5.16 Å². The summed E-state index contributed by atoms with van der Waals surface area (Å²) in [5.74, 6) is 1.29. The van der Waals surface area contributed by atoms with Crippen molar-refractivity contribution in [1.82, 2.24) is 19.7 Å². The van der Waals surface area contributed by atoms with Crippen molar-refractivity contribution >= 4 is 17.7 Å². The topological polar surface area (TPSA) is 51.0 Å². The molecule has 1 amide bonds. The fourth-order valence-electron chi connectivity index (χ4n) is 3.82. The number of likely N-dealkylation sites (tertiary alicyclic amines) is 1. The van der Waals surface area contributed by atoms with Gasteiger partial charge in [0.1, 0.15) is 11.1 Å². The Labute approximate surface area is 159 Å². The molecule has 0 N–H and O–H groups in total. The number of piperidine rings is 1. The van der Waals surface area contributed by atoms with Gasteiger partial charge in [-0.2, -0.15) is 0 Å². The average Bonchev–Trinajstić information content (AvgIpc) is 2.92. The van der Waals surface area contributed by atoms with E-state index in [1.165, 1.54) is 19.3 Å². The summed E-state index contributed by atoms with van der Waals surface area (Å²) in [4.78, 5) is 15.3. The first-order valence-corrected chi connectivity index (χ1v) is 10.6. The first-order chi connectivity index (χ1) is 12.8. The maximum absolute atomic E-state index is 13.3. The fourth-order valence-corrected chi connectivity index (χ4v) is 4.99. The van der Waals surface area contributed by atoms with Crippen LogP contribution in [-0.4, -0.2) is 38.7 Å². The number of aromatic nitrogens is 3. The molecule has 1 fully saturated rings. The molecule has 5 nitrogen and oxygen atoms in total. The lowest BCUT2D eigenvalue weighted by atomic mass is 10.1. The van der Waals surface area contributed by atoms with Gasteiger partial charge in [-0.3, -0.25) is 4.79 Å². The van der Waals surface area contributed by atoms with Crippen LogP contribution in [0.25, 0.3) is 0 Å². The Morgan fingerprint density at radius 1 is 0.923 bits per heavy atom. The molecule has 2 aromatic rings. The molecule has 26 heavy (non-hydrogen) atoms. The van der Waals surface area contributed by atoms with Crippen molar-refractivity contribution < 1.29 is 4.79 Å². The number of carbonyl (C=O) groups is 1. The molecule has 1 aromatic heterocycles. The highest BCUT2D eigenvalue weighted by Gasteiger charge is 2.30. The van der Waals surface area contributed by atoms with E-state index in [1.807, 2.05) is 23.1 Å². The summed E-state index contributed by atoms with van der Waals surface area (Å²) in [7, 11) is 0. The second-order valence-corrected chi connectivity index (χ2v) is 8.23. The zero-order valence-electron chi connectivity index (χ0n) is 15.1. The molecule has 0 bridgehead atoms. The van der Waals surface area contributed by atoms with E-state index in [-0.39, 0.29) is 11.2 Å². The second-order valence-electron chi connectivity index (χ2n) is 7.16. The Morgan fingerprint density at radius 3 is 2.46 bits per heavy atom. The van der Waals surface area contributed by atoms with Crippen molar-refractivity contribution in [3.8, 4) is 0 Å². The van der Waals surface area contributed by atoms with Gasteiger partial charge in [0, 0.05) is 26.1 Å². The van der Waals surface area contributed by atoms with Gasteiger partial charge in [-0.15, -0.1) is 10.2 Å². The third-order valence-corrected chi connectivity index (χ3v) is 6.52. The molecule has 1 aromatic carbocycles. The Bertz CT molecular complexity index is 740. The van der Waals surface area contributed by atoms with E-state index in [4.69, 9.17) is 0 Å². The normalized spacial score (nSPS) is 18.8. The summed E-state index contributed by atoms with van der Waals surface area (Å²) in [6, 6.07) is 10.1. The van der Waals surface area contributed by atoms with Gasteiger partial charge in [0.05, 0.1) is 0 Å². The highest BCUT2D eigenvalue weighted by atomic mass is 32.2. The number of rotatable bonds is 4. The minimum Gasteiger partial charge on any atom is -0.341 e. The number of carbonyl (C=O) groups excluding carboxylic acids is 1. The van der Waals surface area contributed by atoms with E-state index in [2.05, 4.69) is 26.9 Å². The largest absolute Gasteiger partial charge is 0.341 e. The fraction of sp³-hybridized carbons (Fsp3) is 0.550. The quantitative estimate of drug-likeness (QED) is 0.767. The van der Waals surface area contributed by atoms with E-state index in [1.54, 1.807) is 11.8 Å². The van der Waals surface area contributed by atoms with Gasteiger partial charge in [-0.25, -0.2) is 0 Å². The number of nitrogens with zero attached hydrogens (tertiary/aromatic N) is 4. The standard InChI is InChI=1S/C20H26N4OS/c25-19(23-13-7-3-8-14-23)18(16-10-4-1-5-11-16)26-20-22-21-17-12-6-2-9-15-24(17)20/h1,4-5,10-11,18H,2-3,6-9,12-15H2/t18-/m1/s1. The van der Waals surface area contributed by atoms with Gasteiger partial charge in [0.2, 0.25) is 5.91 Å². The number of hydrogen-bond acceptors (Lipinski definition) is 4. The molecule has 4 rings (SSSR count). The molecule has 138 valence electrons. The molecule has 0 unspecified atom stereocenters. The summed E-state index contributed by atoms with van der Waals surface area (Å²) in [5.41, 5.74) is 1.05. The Kier molecular flexibility index (Phi) is 5.58. The van der Waals surface area contributed by atoms with Crippen LogP contribution < -0.4 is 0 Å². The van der Waals surface area contributed by atoms with Crippen LogP contribution in [0.5, 0.6) is 0 Å². The number of benzene rings is 1. The zero-order chi connectivity index (χ0) is 17.8. The van der Waals surface area contributed by atoms with E-state index in [0.29, 0.717) is 0 Å². The molecule has 1 atom stereocenters. The lowest BCUT2D eigenvalue weighted by Gasteiger charge is -2.30. The summed E-state index contributed by atoms with van der Waals surface area (Å²) in [6.07, 6.45) is 8.01. The summed E-state index contributed by atoms with van der Waals surface area (Å²) in [5, 5.41) is 9.49. The molecule has 2 aliphatic heterocycles. The third kappa shape index (κ3) is 3.80. The molecule has 0 radical (unpaired) electrons. The Morgan fingerprint density at radius 2 is 1.65 bits per heavy atom. The van der Waals surface area contributed by atoms with Crippen LogP contribution in [0.1, 0.15) is 55.2 Å². The highest BCUT2D eigenvalue weighted by Crippen LogP contribution is 2.37. The molecule has 0 aliphatic carbocycles. The Balaban J connectivity index is 1.61. The van der Waals surface area contributed by atoms with Crippen LogP contribution in [0.15, 0.2) is 35.5 Å². The van der Waals surface area contributed by atoms with E-state index < -0.39 is 0 Å². The van der Waals surface area contributed by atoms with Crippen molar-refractivity contribution in [2.45, 2.75) is 61.9 Å². The number of thioether (sulfide) groups is 1. The first kappa shape index (κ1) is 17.6. The monoisotopic (exact) mass is 370 g/mol. The van der Waals surface area contributed by atoms with Gasteiger partial charge >= 0.3 is 0 Å². The van der Waals surface area contributed by atoms with Crippen molar-refractivity contribution in [2.75, 3.05) is 13.1 Å². The number of amides is 1. The predicted octanol–water partition coefficient (Wildman–Crippen LogP) is 3.85. The molecule has 6 heteroatoms. The third-order valence-electron chi connectivity index (χ3n) is 5.29. The van der Waals surface area contributed by atoms with Crippen molar-refractivity contribution in [2.24, 2.45) is 0 Å². The lowest BCUT2D eigenvalue weighted by Crippen LogP contribution is -2.38. The molecule has 0 saturated carbocycles. The summed E-state index contributed by atoms with van der Waals surface area (Å²) in [6.45, 7) is 2.71. The maximum Gasteiger partial charge on any atom is 0.240 e. The number of hydrogen-bond donors (Lipinski definition) is 0. The number of aryl methyl sites for hydroxylation is 1. The molecule has 1 saturated heterocycles. The lowest BCUT2D eigenvalue weighted by molar-refractivity contribution is -0.131. The minimum absolute atomic E-state index is 0.215. The highest BCUT2D eigenvalue weighted by molar-refractivity contribution is 8.00. The van der Waals surface area contributed by atoms with Crippen molar-refractivity contribution in [1.29, 1.82) is 0 Å². The Hall–Kier alpha value is -1.82. The van der Waals surface area contributed by atoms with E-state index in [9.17, 15) is 4.79 Å². The maximum atomic E-state index is 13.3. The first-order valence-electron chi connectivity index (χ1n) is 9.75. The van der Waals surface area contributed by atoms with Gasteiger partial charge in [-0.1, -0.05) is 48.5 Å². The number of fused-ring (bicyclic) bond motifs is 1. The van der Waals surface area contributed by atoms with Crippen LogP contribution in [0.3, 0.4) is 0 Å². The molecular weight excluding hydrogens is 344 g/mol. The van der Waals surface area contributed by atoms with Crippen molar-refractivity contribution in [3.63, 3.8) is 0 Å². The molecule has 3 heterocycles. The van der Waals surface area contributed by atoms with Crippen molar-refractivity contribution in [3.05, 3.63) is 41.7 Å². The smallest absolute Gasteiger partial charge is 0.240 e. The van der Waals surface area contributed by atoms with E-state index >= 15 is 0 Å². The average molecular weight is 371 g/mol. The van der Waals surface area contributed by atoms with Crippen LogP contribution in [0, 0.1) is 0 Å².